The molecule has 1 amide bonds. The molecule has 0 fully saturated rings. The van der Waals surface area contributed by atoms with E-state index in [1.54, 1.807) is 26.4 Å². The zero-order valence-electron chi connectivity index (χ0n) is 16.2. The second-order valence-corrected chi connectivity index (χ2v) is 7.10. The number of methoxy groups -OCH3 is 2. The van der Waals surface area contributed by atoms with Crippen molar-refractivity contribution in [3.8, 4) is 28.4 Å². The number of carbonyl (C=O) groups excluding carboxylic acids is 1. The molecule has 0 atom stereocenters. The lowest BCUT2D eigenvalue weighted by Crippen LogP contribution is -2.28. The van der Waals surface area contributed by atoms with Gasteiger partial charge in [0.1, 0.15) is 22.4 Å². The number of benzene rings is 2. The van der Waals surface area contributed by atoms with Gasteiger partial charge in [-0.25, -0.2) is 9.37 Å². The smallest absolute Gasteiger partial charge is 0.230 e. The molecule has 0 radical (unpaired) electrons. The summed E-state index contributed by atoms with van der Waals surface area (Å²) in [5.41, 5.74) is 2.37. The van der Waals surface area contributed by atoms with Gasteiger partial charge in [0.25, 0.3) is 0 Å². The van der Waals surface area contributed by atoms with E-state index in [2.05, 4.69) is 15.3 Å². The van der Waals surface area contributed by atoms with E-state index in [1.165, 1.54) is 23.9 Å². The molecule has 0 aliphatic carbocycles. The molecule has 0 saturated carbocycles. The Morgan fingerprint density at radius 2 is 1.97 bits per heavy atom. The molecule has 2 N–H and O–H groups in total. The SMILES string of the molecule is COCCNC(=O)CSc1nc(-c2cccc(OC)c2)[nH]c1-c1ccc(F)cc1. The van der Waals surface area contributed by atoms with Crippen LogP contribution in [0.3, 0.4) is 0 Å². The lowest BCUT2D eigenvalue weighted by molar-refractivity contribution is -0.118. The molecule has 8 heteroatoms. The van der Waals surface area contributed by atoms with Crippen LogP contribution >= 0.6 is 11.8 Å². The highest BCUT2D eigenvalue weighted by Gasteiger charge is 2.16. The largest absolute Gasteiger partial charge is 0.497 e. The average molecular weight is 415 g/mol. The summed E-state index contributed by atoms with van der Waals surface area (Å²) in [6, 6.07) is 13.7. The van der Waals surface area contributed by atoms with E-state index >= 15 is 0 Å². The number of imidazole rings is 1. The number of aromatic amines is 1. The maximum Gasteiger partial charge on any atom is 0.230 e. The van der Waals surface area contributed by atoms with Crippen LogP contribution in [0.15, 0.2) is 53.6 Å². The summed E-state index contributed by atoms with van der Waals surface area (Å²) in [5, 5.41) is 3.45. The van der Waals surface area contributed by atoms with Crippen molar-refractivity contribution in [1.82, 2.24) is 15.3 Å². The third kappa shape index (κ3) is 5.58. The molecule has 2 aromatic carbocycles. The topological polar surface area (TPSA) is 76.2 Å². The van der Waals surface area contributed by atoms with Gasteiger partial charge in [-0.15, -0.1) is 0 Å². The Labute approximate surface area is 172 Å². The molecule has 3 aromatic rings. The highest BCUT2D eigenvalue weighted by molar-refractivity contribution is 8.00. The molecule has 0 spiro atoms. The van der Waals surface area contributed by atoms with Gasteiger partial charge in [0.05, 0.1) is 25.2 Å². The summed E-state index contributed by atoms with van der Waals surface area (Å²) in [5.74, 6) is 1.15. The second-order valence-electron chi connectivity index (χ2n) is 6.14. The van der Waals surface area contributed by atoms with E-state index in [4.69, 9.17) is 9.47 Å². The Balaban J connectivity index is 1.87. The van der Waals surface area contributed by atoms with Crippen LogP contribution in [0, 0.1) is 5.82 Å². The quantitative estimate of drug-likeness (QED) is 0.411. The van der Waals surface area contributed by atoms with Crippen LogP contribution in [0.2, 0.25) is 0 Å². The first-order chi connectivity index (χ1) is 14.1. The summed E-state index contributed by atoms with van der Waals surface area (Å²) in [4.78, 5) is 20.0. The minimum absolute atomic E-state index is 0.108. The van der Waals surface area contributed by atoms with Crippen LogP contribution in [0.5, 0.6) is 5.75 Å². The lowest BCUT2D eigenvalue weighted by atomic mass is 10.1. The van der Waals surface area contributed by atoms with Gasteiger partial charge in [0.2, 0.25) is 5.91 Å². The number of carbonyl (C=O) groups is 1. The van der Waals surface area contributed by atoms with Gasteiger partial charge in [-0.3, -0.25) is 4.79 Å². The molecule has 0 aliphatic heterocycles. The molecule has 29 heavy (non-hydrogen) atoms. The van der Waals surface area contributed by atoms with E-state index in [0.29, 0.717) is 29.8 Å². The van der Waals surface area contributed by atoms with Crippen LogP contribution < -0.4 is 10.1 Å². The standard InChI is InChI=1S/C21H22FN3O3S/c1-27-11-10-23-18(26)13-29-21-19(14-6-8-16(22)9-7-14)24-20(25-21)15-4-3-5-17(12-15)28-2/h3-9,12H,10-11,13H2,1-2H3,(H,23,26)(H,24,25). The van der Waals surface area contributed by atoms with Gasteiger partial charge < -0.3 is 19.8 Å². The summed E-state index contributed by atoms with van der Waals surface area (Å²) < 4.78 is 23.6. The summed E-state index contributed by atoms with van der Waals surface area (Å²) in [6.07, 6.45) is 0. The fourth-order valence-corrected chi connectivity index (χ4v) is 3.50. The number of nitrogens with zero attached hydrogens (tertiary/aromatic N) is 1. The predicted molar refractivity (Wildman–Crippen MR) is 112 cm³/mol. The number of rotatable bonds is 9. The molecule has 152 valence electrons. The van der Waals surface area contributed by atoms with E-state index in [1.807, 2.05) is 24.3 Å². The Hall–Kier alpha value is -2.84. The van der Waals surface area contributed by atoms with Crippen molar-refractivity contribution >= 4 is 17.7 Å². The van der Waals surface area contributed by atoms with Gasteiger partial charge in [-0.2, -0.15) is 0 Å². The van der Waals surface area contributed by atoms with Gasteiger partial charge in [0, 0.05) is 24.8 Å². The molecule has 3 rings (SSSR count). The van der Waals surface area contributed by atoms with Crippen molar-refractivity contribution in [3.63, 3.8) is 0 Å². The minimum atomic E-state index is -0.312. The fourth-order valence-electron chi connectivity index (χ4n) is 2.66. The number of amides is 1. The first kappa shape index (κ1) is 20.9. The first-order valence-corrected chi connectivity index (χ1v) is 9.98. The molecule has 6 nitrogen and oxygen atoms in total. The number of thioether (sulfide) groups is 1. The predicted octanol–water partition coefficient (Wildman–Crippen LogP) is 3.75. The summed E-state index contributed by atoms with van der Waals surface area (Å²) in [6.45, 7) is 0.913. The van der Waals surface area contributed by atoms with E-state index in [9.17, 15) is 9.18 Å². The zero-order valence-corrected chi connectivity index (χ0v) is 17.0. The third-order valence-corrected chi connectivity index (χ3v) is 5.09. The van der Waals surface area contributed by atoms with Crippen molar-refractivity contribution in [2.24, 2.45) is 0 Å². The summed E-state index contributed by atoms with van der Waals surface area (Å²) >= 11 is 1.32. The Kier molecular flexibility index (Phi) is 7.26. The molecule has 0 unspecified atom stereocenters. The van der Waals surface area contributed by atoms with Crippen molar-refractivity contribution in [2.45, 2.75) is 5.03 Å². The number of hydrogen-bond acceptors (Lipinski definition) is 5. The monoisotopic (exact) mass is 415 g/mol. The number of halogens is 1. The van der Waals surface area contributed by atoms with Crippen LogP contribution in [0.4, 0.5) is 4.39 Å². The number of ether oxygens (including phenoxy) is 2. The summed E-state index contributed by atoms with van der Waals surface area (Å²) in [7, 11) is 3.19. The Bertz CT molecular complexity index is 960. The average Bonchev–Trinajstić information content (AvgIpc) is 3.17. The molecule has 0 saturated heterocycles. The lowest BCUT2D eigenvalue weighted by Gasteiger charge is -2.05. The Morgan fingerprint density at radius 3 is 2.69 bits per heavy atom. The molecule has 1 aromatic heterocycles. The number of hydrogen-bond donors (Lipinski definition) is 2. The van der Waals surface area contributed by atoms with Crippen LogP contribution in [0.25, 0.3) is 22.6 Å². The van der Waals surface area contributed by atoms with Gasteiger partial charge in [0.15, 0.2) is 0 Å². The third-order valence-electron chi connectivity index (χ3n) is 4.12. The zero-order chi connectivity index (χ0) is 20.6. The highest BCUT2D eigenvalue weighted by Crippen LogP contribution is 2.33. The van der Waals surface area contributed by atoms with Crippen LogP contribution in [-0.4, -0.2) is 49.0 Å². The van der Waals surface area contributed by atoms with E-state index in [0.717, 1.165) is 16.8 Å². The highest BCUT2D eigenvalue weighted by atomic mass is 32.2. The van der Waals surface area contributed by atoms with E-state index < -0.39 is 0 Å². The number of H-pyrrole nitrogens is 1. The second kappa shape index (κ2) is 10.1. The van der Waals surface area contributed by atoms with Gasteiger partial charge in [-0.05, 0) is 36.4 Å². The van der Waals surface area contributed by atoms with Crippen molar-refractivity contribution in [1.29, 1.82) is 0 Å². The normalized spacial score (nSPS) is 10.7. The Morgan fingerprint density at radius 1 is 1.17 bits per heavy atom. The van der Waals surface area contributed by atoms with Crippen molar-refractivity contribution in [3.05, 3.63) is 54.3 Å². The van der Waals surface area contributed by atoms with Gasteiger partial charge in [-0.1, -0.05) is 23.9 Å². The van der Waals surface area contributed by atoms with Gasteiger partial charge >= 0.3 is 0 Å². The fraction of sp³-hybridized carbons (Fsp3) is 0.238. The molecule has 1 heterocycles. The number of aromatic nitrogens is 2. The van der Waals surface area contributed by atoms with Crippen molar-refractivity contribution in [2.75, 3.05) is 33.1 Å². The van der Waals surface area contributed by atoms with Crippen LogP contribution in [0.1, 0.15) is 0 Å². The minimum Gasteiger partial charge on any atom is -0.497 e. The molecular formula is C21H22FN3O3S. The molecule has 0 aliphatic rings. The van der Waals surface area contributed by atoms with Crippen LogP contribution in [-0.2, 0) is 9.53 Å². The van der Waals surface area contributed by atoms with Crippen molar-refractivity contribution < 1.29 is 18.7 Å². The van der Waals surface area contributed by atoms with E-state index in [-0.39, 0.29) is 17.5 Å². The molecular weight excluding hydrogens is 393 g/mol. The maximum absolute atomic E-state index is 13.3. The number of nitrogens with one attached hydrogen (secondary N) is 2. The molecule has 0 bridgehead atoms. The first-order valence-electron chi connectivity index (χ1n) is 8.99. The maximum atomic E-state index is 13.3.